The molecule has 0 spiro atoms. The van der Waals surface area contributed by atoms with Crippen LogP contribution in [-0.4, -0.2) is 37.6 Å². The van der Waals surface area contributed by atoms with Crippen molar-refractivity contribution in [3.05, 3.63) is 95.1 Å². The van der Waals surface area contributed by atoms with Gasteiger partial charge in [-0.25, -0.2) is 0 Å². The van der Waals surface area contributed by atoms with E-state index in [-0.39, 0.29) is 24.9 Å². The number of likely N-dealkylation sites (N-methyl/N-ethyl adjacent to an activating group) is 1. The maximum absolute atomic E-state index is 12.2. The van der Waals surface area contributed by atoms with Crippen molar-refractivity contribution in [2.75, 3.05) is 26.8 Å². The number of fused-ring (bicyclic) bond motifs is 1. The summed E-state index contributed by atoms with van der Waals surface area (Å²) in [6.45, 7) is 5.39. The fourth-order valence-corrected chi connectivity index (χ4v) is 4.27. The molecule has 33 heavy (non-hydrogen) atoms. The highest BCUT2D eigenvalue weighted by Crippen LogP contribution is 2.43. The second kappa shape index (κ2) is 11.1. The first kappa shape index (κ1) is 24.4. The van der Waals surface area contributed by atoms with E-state index in [1.165, 1.54) is 27.8 Å². The number of methoxy groups -OCH3 is 1. The summed E-state index contributed by atoms with van der Waals surface area (Å²) in [5, 5.41) is 0. The number of nitrogens with zero attached hydrogens (tertiary/aromatic N) is 1. The zero-order valence-corrected chi connectivity index (χ0v) is 20.2. The Labute approximate surface area is 202 Å². The van der Waals surface area contributed by atoms with Crippen LogP contribution in [0, 0.1) is 0 Å². The third-order valence-corrected chi connectivity index (χ3v) is 5.99. The highest BCUT2D eigenvalue weighted by atomic mass is 35.5. The maximum atomic E-state index is 12.2. The lowest BCUT2D eigenvalue weighted by Gasteiger charge is -2.18. The summed E-state index contributed by atoms with van der Waals surface area (Å²) in [6, 6.07) is 24.9. The summed E-state index contributed by atoms with van der Waals surface area (Å²) < 4.78 is 11.2. The highest BCUT2D eigenvalue weighted by Gasteiger charge is 2.24. The van der Waals surface area contributed by atoms with Gasteiger partial charge in [-0.1, -0.05) is 48.5 Å². The number of rotatable bonds is 8. The zero-order valence-electron chi connectivity index (χ0n) is 19.3. The lowest BCUT2D eigenvalue weighted by Crippen LogP contribution is -2.34. The minimum atomic E-state index is 0. The van der Waals surface area contributed by atoms with Crippen molar-refractivity contribution < 1.29 is 14.3 Å². The number of hydrogen-bond acceptors (Lipinski definition) is 3. The van der Waals surface area contributed by atoms with Gasteiger partial charge >= 0.3 is 0 Å². The number of amides is 1. The largest absolute Gasteiger partial charge is 0.497 e. The van der Waals surface area contributed by atoms with E-state index in [1.807, 2.05) is 38.1 Å². The van der Waals surface area contributed by atoms with Crippen LogP contribution in [0.2, 0.25) is 0 Å². The van der Waals surface area contributed by atoms with Crippen molar-refractivity contribution in [1.29, 1.82) is 0 Å². The van der Waals surface area contributed by atoms with Crippen molar-refractivity contribution in [1.82, 2.24) is 4.90 Å². The summed E-state index contributed by atoms with van der Waals surface area (Å²) in [7, 11) is 1.70. The lowest BCUT2D eigenvalue weighted by molar-refractivity contribution is -0.132. The Bertz CT molecular complexity index is 1120. The summed E-state index contributed by atoms with van der Waals surface area (Å²) in [4.78, 5) is 14.0. The van der Waals surface area contributed by atoms with Crippen molar-refractivity contribution in [2.24, 2.45) is 0 Å². The van der Waals surface area contributed by atoms with Gasteiger partial charge in [0.2, 0.25) is 0 Å². The molecule has 0 heterocycles. The Morgan fingerprint density at radius 1 is 0.879 bits per heavy atom. The van der Waals surface area contributed by atoms with E-state index in [0.717, 1.165) is 17.7 Å². The Morgan fingerprint density at radius 2 is 1.55 bits per heavy atom. The maximum Gasteiger partial charge on any atom is 0.260 e. The minimum absolute atomic E-state index is 0. The zero-order chi connectivity index (χ0) is 22.5. The van der Waals surface area contributed by atoms with Crippen LogP contribution in [0.4, 0.5) is 0 Å². The molecule has 1 amide bonds. The Balaban J connectivity index is 0.00000306. The Morgan fingerprint density at radius 3 is 2.18 bits per heavy atom. The van der Waals surface area contributed by atoms with Gasteiger partial charge in [0.15, 0.2) is 6.61 Å². The molecule has 0 saturated carbocycles. The Kier molecular flexibility index (Phi) is 8.18. The predicted octanol–water partition coefficient (Wildman–Crippen LogP) is 5.88. The first-order valence-corrected chi connectivity index (χ1v) is 11.1. The molecule has 3 aromatic carbocycles. The molecule has 0 aliphatic heterocycles. The van der Waals surface area contributed by atoms with Gasteiger partial charge in [0.1, 0.15) is 11.5 Å². The highest BCUT2D eigenvalue weighted by molar-refractivity contribution is 6.03. The van der Waals surface area contributed by atoms with Crippen molar-refractivity contribution in [3.8, 4) is 11.5 Å². The van der Waals surface area contributed by atoms with Gasteiger partial charge in [-0.2, -0.15) is 0 Å². The number of carbonyl (C=O) groups excluding carboxylic acids is 1. The molecule has 4 rings (SSSR count). The van der Waals surface area contributed by atoms with Gasteiger partial charge in [0.05, 0.1) is 7.11 Å². The monoisotopic (exact) mass is 463 g/mol. The molecule has 1 aliphatic carbocycles. The molecule has 0 N–H and O–H groups in total. The molecule has 0 fully saturated rings. The number of ether oxygens (including phenoxy) is 2. The number of benzene rings is 3. The van der Waals surface area contributed by atoms with Crippen molar-refractivity contribution >= 4 is 29.5 Å². The third kappa shape index (κ3) is 5.23. The van der Waals surface area contributed by atoms with E-state index in [1.54, 1.807) is 12.0 Å². The molecule has 3 aromatic rings. The van der Waals surface area contributed by atoms with Gasteiger partial charge in [-0.15, -0.1) is 12.4 Å². The quantitative estimate of drug-likeness (QED) is 0.418. The van der Waals surface area contributed by atoms with Gasteiger partial charge < -0.3 is 14.4 Å². The standard InChI is InChI=1S/C28H29NO3.ClH/c1-4-29(5-2)27(30)19-32-23-13-11-21(12-14-23)28-25-16-15-24(31-3)17-22(25)18-26(28)20-9-7-6-8-10-20;/h6-17H,4-5,18-19H2,1-3H3;1H. The van der Waals surface area contributed by atoms with Crippen LogP contribution in [0.5, 0.6) is 11.5 Å². The number of halogens is 1. The first-order chi connectivity index (χ1) is 15.6. The summed E-state index contributed by atoms with van der Waals surface area (Å²) >= 11 is 0. The molecule has 0 bridgehead atoms. The summed E-state index contributed by atoms with van der Waals surface area (Å²) in [5.74, 6) is 1.58. The second-order valence-electron chi connectivity index (χ2n) is 7.80. The average molecular weight is 464 g/mol. The molecule has 0 aromatic heterocycles. The van der Waals surface area contributed by atoms with E-state index in [9.17, 15) is 4.79 Å². The van der Waals surface area contributed by atoms with Gasteiger partial charge in [0, 0.05) is 13.1 Å². The third-order valence-electron chi connectivity index (χ3n) is 5.99. The van der Waals surface area contributed by atoms with Crippen molar-refractivity contribution in [2.45, 2.75) is 20.3 Å². The molecule has 0 atom stereocenters. The van der Waals surface area contributed by atoms with E-state index in [0.29, 0.717) is 18.8 Å². The number of hydrogen-bond donors (Lipinski definition) is 0. The first-order valence-electron chi connectivity index (χ1n) is 11.1. The topological polar surface area (TPSA) is 38.8 Å². The average Bonchev–Trinajstić information content (AvgIpc) is 3.23. The van der Waals surface area contributed by atoms with Crippen LogP contribution in [0.3, 0.4) is 0 Å². The van der Waals surface area contributed by atoms with Gasteiger partial charge in [0.25, 0.3) is 5.91 Å². The van der Waals surface area contributed by atoms with Crippen LogP contribution in [0.25, 0.3) is 11.1 Å². The van der Waals surface area contributed by atoms with Crippen LogP contribution in [0.15, 0.2) is 72.8 Å². The fourth-order valence-electron chi connectivity index (χ4n) is 4.27. The molecule has 5 heteroatoms. The van der Waals surface area contributed by atoms with Crippen molar-refractivity contribution in [3.63, 3.8) is 0 Å². The van der Waals surface area contributed by atoms with E-state index >= 15 is 0 Å². The molecule has 1 aliphatic rings. The molecule has 4 nitrogen and oxygen atoms in total. The van der Waals surface area contributed by atoms with E-state index < -0.39 is 0 Å². The molecular formula is C28H30ClNO3. The van der Waals surface area contributed by atoms with Crippen LogP contribution < -0.4 is 9.47 Å². The summed E-state index contributed by atoms with van der Waals surface area (Å²) in [6.07, 6.45) is 0.864. The normalized spacial score (nSPS) is 12.1. The minimum Gasteiger partial charge on any atom is -0.497 e. The van der Waals surface area contributed by atoms with Crippen LogP contribution in [0.1, 0.15) is 36.1 Å². The number of allylic oxidation sites excluding steroid dienone is 1. The molecule has 172 valence electrons. The smallest absolute Gasteiger partial charge is 0.260 e. The SMILES string of the molecule is CCN(CC)C(=O)COc1ccc(C2=C(c3ccccc3)Cc3cc(OC)ccc32)cc1.Cl. The van der Waals surface area contributed by atoms with E-state index in [4.69, 9.17) is 9.47 Å². The fraction of sp³-hybridized carbons (Fsp3) is 0.250. The predicted molar refractivity (Wildman–Crippen MR) is 136 cm³/mol. The molecule has 0 radical (unpaired) electrons. The molecule has 0 saturated heterocycles. The molecular weight excluding hydrogens is 434 g/mol. The molecule has 0 unspecified atom stereocenters. The van der Waals surface area contributed by atoms with Gasteiger partial charge in [-0.05, 0) is 77.9 Å². The lowest BCUT2D eigenvalue weighted by atomic mass is 9.94. The second-order valence-corrected chi connectivity index (χ2v) is 7.80. The summed E-state index contributed by atoms with van der Waals surface area (Å²) in [5.41, 5.74) is 7.40. The van der Waals surface area contributed by atoms with Crippen LogP contribution >= 0.6 is 12.4 Å². The van der Waals surface area contributed by atoms with E-state index in [2.05, 4.69) is 48.5 Å². The Hall–Kier alpha value is -3.24. The van der Waals surface area contributed by atoms with Gasteiger partial charge in [-0.3, -0.25) is 4.79 Å². The number of carbonyl (C=O) groups is 1. The van der Waals surface area contributed by atoms with Crippen LogP contribution in [-0.2, 0) is 11.2 Å².